The van der Waals surface area contributed by atoms with Crippen molar-refractivity contribution in [3.8, 4) is 0 Å². The van der Waals surface area contributed by atoms with Crippen LogP contribution in [0.3, 0.4) is 0 Å². The molecule has 0 aliphatic carbocycles. The molecule has 0 unspecified atom stereocenters. The Labute approximate surface area is 106 Å². The summed E-state index contributed by atoms with van der Waals surface area (Å²) in [4.78, 5) is 6.81. The minimum absolute atomic E-state index is 0. The van der Waals surface area contributed by atoms with Crippen LogP contribution in [-0.2, 0) is 0 Å². The molecule has 0 bridgehead atoms. The van der Waals surface area contributed by atoms with E-state index in [-0.39, 0.29) is 24.0 Å². The van der Waals surface area contributed by atoms with Gasteiger partial charge < -0.3 is 4.90 Å². The number of allylic oxidation sites excluding steroid dienone is 1. The maximum absolute atomic E-state index is 4.61. The van der Waals surface area contributed by atoms with Crippen LogP contribution in [0.25, 0.3) is 5.57 Å². The van der Waals surface area contributed by atoms with E-state index < -0.39 is 0 Å². The van der Waals surface area contributed by atoms with Gasteiger partial charge in [-0.05, 0) is 18.1 Å². The predicted molar refractivity (Wildman–Crippen MR) is 71.4 cm³/mol. The highest BCUT2D eigenvalue weighted by molar-refractivity contribution is 14.0. The van der Waals surface area contributed by atoms with E-state index >= 15 is 0 Å². The first-order chi connectivity index (χ1) is 6.84. The molecule has 2 nitrogen and oxygen atoms in total. The van der Waals surface area contributed by atoms with Crippen LogP contribution in [-0.4, -0.2) is 18.5 Å². The number of para-hydroxylation sites is 1. The van der Waals surface area contributed by atoms with Gasteiger partial charge in [0, 0.05) is 25.0 Å². The van der Waals surface area contributed by atoms with Gasteiger partial charge >= 0.3 is 0 Å². The second-order valence-corrected chi connectivity index (χ2v) is 3.85. The molecule has 3 rings (SSSR count). The van der Waals surface area contributed by atoms with Gasteiger partial charge in [-0.15, -0.1) is 24.0 Å². The monoisotopic (exact) mass is 312 g/mol. The van der Waals surface area contributed by atoms with Crippen molar-refractivity contribution in [1.29, 1.82) is 0 Å². The molecule has 0 saturated heterocycles. The lowest BCUT2D eigenvalue weighted by Gasteiger charge is -2.20. The Morgan fingerprint density at radius 2 is 2.07 bits per heavy atom. The number of fused-ring (bicyclic) bond motifs is 2. The fourth-order valence-electron chi connectivity index (χ4n) is 2.09. The second-order valence-electron chi connectivity index (χ2n) is 3.85. The fourth-order valence-corrected chi connectivity index (χ4v) is 2.09. The quantitative estimate of drug-likeness (QED) is 0.659. The van der Waals surface area contributed by atoms with Gasteiger partial charge in [0.15, 0.2) is 0 Å². The predicted octanol–water partition coefficient (Wildman–Crippen LogP) is 1.27. The molecule has 3 heteroatoms. The third-order valence-electron chi connectivity index (χ3n) is 2.84. The van der Waals surface area contributed by atoms with Crippen LogP contribution in [0.2, 0.25) is 0 Å². The first-order valence-electron chi connectivity index (χ1n) is 4.94. The number of hydrogen-bond donors (Lipinski definition) is 0. The molecule has 1 aromatic carbocycles. The van der Waals surface area contributed by atoms with Crippen molar-refractivity contribution >= 4 is 29.5 Å². The highest BCUT2D eigenvalue weighted by Gasteiger charge is 2.16. The van der Waals surface area contributed by atoms with Crippen LogP contribution in [0.1, 0.15) is 6.42 Å². The van der Waals surface area contributed by atoms with E-state index in [2.05, 4.69) is 41.3 Å². The van der Waals surface area contributed by atoms with Gasteiger partial charge in [-0.1, -0.05) is 18.2 Å². The van der Waals surface area contributed by atoms with E-state index in [0.29, 0.717) is 0 Å². The van der Waals surface area contributed by atoms with Crippen LogP contribution in [0.15, 0.2) is 41.2 Å². The average Bonchev–Trinajstić information content (AvgIpc) is 2.54. The van der Waals surface area contributed by atoms with Gasteiger partial charge in [-0.2, -0.15) is 0 Å². The third kappa shape index (κ3) is 1.69. The van der Waals surface area contributed by atoms with Gasteiger partial charge in [0.1, 0.15) is 0 Å². The smallest absolute Gasteiger partial charge is 0.0834 e. The van der Waals surface area contributed by atoms with E-state index in [1.165, 1.54) is 10.8 Å². The van der Waals surface area contributed by atoms with Gasteiger partial charge in [-0.3, -0.25) is 0 Å². The minimum Gasteiger partial charge on any atom is -0.378 e. The lowest BCUT2D eigenvalue weighted by molar-refractivity contribution is 0.453. The topological polar surface area (TPSA) is 15.6 Å². The Balaban J connectivity index is 0.000000853. The van der Waals surface area contributed by atoms with E-state index in [9.17, 15) is 0 Å². The Morgan fingerprint density at radius 3 is 2.93 bits per heavy atom. The highest BCUT2D eigenvalue weighted by atomic mass is 127. The summed E-state index contributed by atoms with van der Waals surface area (Å²) in [6.45, 7) is 1.10. The Kier molecular flexibility index (Phi) is 2.82. The number of benzene rings is 1. The third-order valence-corrected chi connectivity index (χ3v) is 2.84. The molecule has 0 N–H and O–H groups in total. The summed E-state index contributed by atoms with van der Waals surface area (Å²) >= 11 is 0. The van der Waals surface area contributed by atoms with Crippen molar-refractivity contribution in [1.82, 2.24) is 4.90 Å². The first kappa shape index (κ1) is 10.7. The molecule has 0 amide bonds. The fraction of sp³-hybridized carbons (Fsp3) is 0.250. The molecular weight excluding hydrogens is 299 g/mol. The summed E-state index contributed by atoms with van der Waals surface area (Å²) in [6, 6.07) is 8.38. The van der Waals surface area contributed by atoms with Crippen molar-refractivity contribution in [2.75, 3.05) is 13.6 Å². The molecule has 0 aromatic heterocycles. The summed E-state index contributed by atoms with van der Waals surface area (Å²) in [6.07, 6.45) is 3.25. The van der Waals surface area contributed by atoms with Crippen molar-refractivity contribution in [2.45, 2.75) is 6.42 Å². The summed E-state index contributed by atoms with van der Waals surface area (Å²) in [5.41, 5.74) is 2.57. The molecule has 0 fully saturated rings. The number of nitrogens with zero attached hydrogens (tertiary/aromatic N) is 2. The highest BCUT2D eigenvalue weighted by Crippen LogP contribution is 2.22. The molecule has 0 radical (unpaired) electrons. The van der Waals surface area contributed by atoms with Gasteiger partial charge in [0.05, 0.1) is 11.1 Å². The molecule has 78 valence electrons. The molecule has 1 aromatic rings. The van der Waals surface area contributed by atoms with E-state index in [0.717, 1.165) is 24.0 Å². The lowest BCUT2D eigenvalue weighted by Crippen LogP contribution is -2.24. The van der Waals surface area contributed by atoms with Crippen LogP contribution in [0, 0.1) is 0 Å². The summed E-state index contributed by atoms with van der Waals surface area (Å²) < 4.78 is 0. The van der Waals surface area contributed by atoms with Crippen LogP contribution < -0.4 is 10.6 Å². The molecule has 2 heterocycles. The van der Waals surface area contributed by atoms with E-state index in [1.54, 1.807) is 0 Å². The van der Waals surface area contributed by atoms with Gasteiger partial charge in [0.2, 0.25) is 0 Å². The first-order valence-corrected chi connectivity index (χ1v) is 4.94. The molecular formula is C12H13IN2. The van der Waals surface area contributed by atoms with E-state index in [4.69, 9.17) is 0 Å². The SMILES string of the molecule is CN1C=C2N=c3ccccc3=C2CC1.I. The zero-order valence-corrected chi connectivity index (χ0v) is 10.9. The standard InChI is InChI=1S/C12H12N2.HI/c1-14-7-6-10-9-4-2-3-5-11(9)13-12(10)8-14;/h2-5,8H,6-7H2,1H3;1H. The minimum atomic E-state index is 0. The maximum Gasteiger partial charge on any atom is 0.0834 e. The molecule has 0 saturated carbocycles. The maximum atomic E-state index is 4.61. The molecule has 2 aliphatic heterocycles. The van der Waals surface area contributed by atoms with Crippen molar-refractivity contribution in [3.05, 3.63) is 46.7 Å². The van der Waals surface area contributed by atoms with Crippen molar-refractivity contribution < 1.29 is 0 Å². The van der Waals surface area contributed by atoms with Crippen LogP contribution >= 0.6 is 24.0 Å². The molecule has 0 spiro atoms. The number of hydrogen-bond acceptors (Lipinski definition) is 2. The largest absolute Gasteiger partial charge is 0.378 e. The molecule has 2 aliphatic rings. The second kappa shape index (κ2) is 3.96. The Hall–Kier alpha value is -0.840. The Bertz CT molecular complexity index is 531. The number of halogens is 1. The lowest BCUT2D eigenvalue weighted by atomic mass is 10.1. The summed E-state index contributed by atoms with van der Waals surface area (Å²) in [5.74, 6) is 0. The average molecular weight is 312 g/mol. The number of rotatable bonds is 0. The Morgan fingerprint density at radius 1 is 1.27 bits per heavy atom. The summed E-state index contributed by atoms with van der Waals surface area (Å²) in [7, 11) is 2.10. The molecule has 0 atom stereocenters. The van der Waals surface area contributed by atoms with Crippen molar-refractivity contribution in [3.63, 3.8) is 0 Å². The van der Waals surface area contributed by atoms with Crippen LogP contribution in [0.4, 0.5) is 0 Å². The van der Waals surface area contributed by atoms with E-state index in [1.807, 2.05) is 6.07 Å². The zero-order chi connectivity index (χ0) is 9.54. The van der Waals surface area contributed by atoms with Crippen LogP contribution in [0.5, 0.6) is 0 Å². The van der Waals surface area contributed by atoms with Crippen molar-refractivity contribution in [2.24, 2.45) is 4.99 Å². The zero-order valence-electron chi connectivity index (χ0n) is 8.60. The van der Waals surface area contributed by atoms with Gasteiger partial charge in [0.25, 0.3) is 0 Å². The normalized spacial score (nSPS) is 17.3. The summed E-state index contributed by atoms with van der Waals surface area (Å²) in [5, 5.41) is 2.45. The molecule has 15 heavy (non-hydrogen) atoms. The van der Waals surface area contributed by atoms with Gasteiger partial charge in [-0.25, -0.2) is 4.99 Å².